The zero-order valence-corrected chi connectivity index (χ0v) is 15.1. The standard InChI is InChI=1S/C19H18F4N2O3/c1-18(28-2,14-8-3-4-9-15(14)20)11-24-16(26)17(27)25-13-7-5-6-12(10-13)19(21,22)23/h3-10H,11H2,1-2H3,(H,24,26)(H,25,27). The van der Waals surface area contributed by atoms with Gasteiger partial charge in [-0.05, 0) is 31.2 Å². The van der Waals surface area contributed by atoms with E-state index in [1.54, 1.807) is 6.07 Å². The van der Waals surface area contributed by atoms with Gasteiger partial charge in [-0.15, -0.1) is 0 Å². The number of nitrogens with one attached hydrogen (secondary N) is 2. The fourth-order valence-corrected chi connectivity index (χ4v) is 2.46. The average Bonchev–Trinajstić information content (AvgIpc) is 2.65. The largest absolute Gasteiger partial charge is 0.416 e. The average molecular weight is 398 g/mol. The molecule has 2 rings (SSSR count). The highest BCUT2D eigenvalue weighted by molar-refractivity contribution is 6.39. The number of alkyl halides is 3. The first kappa shape index (κ1) is 21.4. The molecule has 2 amide bonds. The minimum absolute atomic E-state index is 0.177. The molecule has 2 aromatic carbocycles. The molecule has 150 valence electrons. The van der Waals surface area contributed by atoms with E-state index in [1.165, 1.54) is 38.3 Å². The summed E-state index contributed by atoms with van der Waals surface area (Å²) in [7, 11) is 1.32. The zero-order chi connectivity index (χ0) is 20.9. The Balaban J connectivity index is 2.04. The molecule has 0 aromatic heterocycles. The van der Waals surface area contributed by atoms with Crippen molar-refractivity contribution in [2.24, 2.45) is 0 Å². The highest BCUT2D eigenvalue weighted by atomic mass is 19.4. The summed E-state index contributed by atoms with van der Waals surface area (Å²) in [5.41, 5.74) is -2.22. The molecule has 0 radical (unpaired) electrons. The highest BCUT2D eigenvalue weighted by Crippen LogP contribution is 2.30. The summed E-state index contributed by atoms with van der Waals surface area (Å²) in [6.07, 6.45) is -4.58. The second kappa shape index (κ2) is 8.39. The van der Waals surface area contributed by atoms with Crippen LogP contribution in [0.3, 0.4) is 0 Å². The van der Waals surface area contributed by atoms with Crippen LogP contribution in [0.25, 0.3) is 0 Å². The van der Waals surface area contributed by atoms with E-state index in [9.17, 15) is 27.2 Å². The number of ether oxygens (including phenoxy) is 1. The van der Waals surface area contributed by atoms with Gasteiger partial charge in [-0.25, -0.2) is 4.39 Å². The molecule has 1 unspecified atom stereocenters. The monoisotopic (exact) mass is 398 g/mol. The van der Waals surface area contributed by atoms with Gasteiger partial charge in [0.25, 0.3) is 0 Å². The van der Waals surface area contributed by atoms with Crippen LogP contribution in [0.15, 0.2) is 48.5 Å². The number of methoxy groups -OCH3 is 1. The quantitative estimate of drug-likeness (QED) is 0.599. The van der Waals surface area contributed by atoms with Crippen LogP contribution in [-0.2, 0) is 26.1 Å². The second-order valence-electron chi connectivity index (χ2n) is 6.13. The van der Waals surface area contributed by atoms with Gasteiger partial charge in [0.15, 0.2) is 0 Å². The number of anilines is 1. The van der Waals surface area contributed by atoms with Crippen LogP contribution in [0.2, 0.25) is 0 Å². The smallest absolute Gasteiger partial charge is 0.372 e. The van der Waals surface area contributed by atoms with Gasteiger partial charge in [-0.2, -0.15) is 13.2 Å². The van der Waals surface area contributed by atoms with Crippen LogP contribution in [0.4, 0.5) is 23.2 Å². The Morgan fingerprint density at radius 3 is 2.32 bits per heavy atom. The highest BCUT2D eigenvalue weighted by Gasteiger charge is 2.32. The molecule has 1 atom stereocenters. The summed E-state index contributed by atoms with van der Waals surface area (Å²) in [5, 5.41) is 4.39. The summed E-state index contributed by atoms with van der Waals surface area (Å²) in [5.74, 6) is -2.81. The van der Waals surface area contributed by atoms with Crippen molar-refractivity contribution >= 4 is 17.5 Å². The van der Waals surface area contributed by atoms with E-state index in [0.29, 0.717) is 6.07 Å². The van der Waals surface area contributed by atoms with E-state index in [4.69, 9.17) is 4.74 Å². The third kappa shape index (κ3) is 5.07. The summed E-state index contributed by atoms with van der Waals surface area (Å²) in [6, 6.07) is 9.68. The summed E-state index contributed by atoms with van der Waals surface area (Å²) >= 11 is 0. The topological polar surface area (TPSA) is 67.4 Å². The predicted molar refractivity (Wildman–Crippen MR) is 93.8 cm³/mol. The Hall–Kier alpha value is -2.94. The number of hydrogen-bond acceptors (Lipinski definition) is 3. The minimum Gasteiger partial charge on any atom is -0.372 e. The molecule has 5 nitrogen and oxygen atoms in total. The number of carbonyl (C=O) groups excluding carboxylic acids is 2. The SMILES string of the molecule is COC(C)(CNC(=O)C(=O)Nc1cccc(C(F)(F)F)c1)c1ccccc1F. The summed E-state index contributed by atoms with van der Waals surface area (Å²) in [4.78, 5) is 24.0. The van der Waals surface area contributed by atoms with Crippen molar-refractivity contribution in [3.63, 3.8) is 0 Å². The number of carbonyl (C=O) groups is 2. The molecule has 2 N–H and O–H groups in total. The van der Waals surface area contributed by atoms with Gasteiger partial charge in [0.05, 0.1) is 12.1 Å². The number of halogens is 4. The van der Waals surface area contributed by atoms with Gasteiger partial charge in [-0.3, -0.25) is 9.59 Å². The van der Waals surface area contributed by atoms with E-state index in [0.717, 1.165) is 12.1 Å². The maximum Gasteiger partial charge on any atom is 0.416 e. The second-order valence-corrected chi connectivity index (χ2v) is 6.13. The molecule has 0 aliphatic rings. The van der Waals surface area contributed by atoms with Crippen molar-refractivity contribution in [2.45, 2.75) is 18.7 Å². The van der Waals surface area contributed by atoms with Crippen molar-refractivity contribution in [1.29, 1.82) is 0 Å². The zero-order valence-electron chi connectivity index (χ0n) is 15.1. The molecule has 0 heterocycles. The number of rotatable bonds is 5. The van der Waals surface area contributed by atoms with Crippen LogP contribution in [0, 0.1) is 5.82 Å². The molecule has 0 saturated carbocycles. The van der Waals surface area contributed by atoms with Crippen LogP contribution in [-0.4, -0.2) is 25.5 Å². The van der Waals surface area contributed by atoms with E-state index >= 15 is 0 Å². The van der Waals surface area contributed by atoms with Crippen LogP contribution in [0.5, 0.6) is 0 Å². The summed E-state index contributed by atoms with van der Waals surface area (Å²) in [6.45, 7) is 1.29. The van der Waals surface area contributed by atoms with E-state index in [-0.39, 0.29) is 17.8 Å². The summed E-state index contributed by atoms with van der Waals surface area (Å²) < 4.78 is 57.4. The van der Waals surface area contributed by atoms with Gasteiger partial charge in [-0.1, -0.05) is 24.3 Å². The van der Waals surface area contributed by atoms with Crippen LogP contribution < -0.4 is 10.6 Å². The Labute approximate surface area is 158 Å². The maximum absolute atomic E-state index is 14.0. The molecule has 2 aromatic rings. The number of hydrogen-bond donors (Lipinski definition) is 2. The predicted octanol–water partition coefficient (Wildman–Crippen LogP) is 3.46. The molecule has 0 aliphatic heterocycles. The molecule has 0 spiro atoms. The molecule has 9 heteroatoms. The van der Waals surface area contributed by atoms with Crippen LogP contribution in [0.1, 0.15) is 18.1 Å². The van der Waals surface area contributed by atoms with Crippen LogP contribution >= 0.6 is 0 Å². The first-order chi connectivity index (χ1) is 13.1. The molecule has 0 saturated heterocycles. The van der Waals surface area contributed by atoms with Crippen molar-refractivity contribution in [2.75, 3.05) is 19.0 Å². The van der Waals surface area contributed by atoms with Gasteiger partial charge in [0, 0.05) is 18.4 Å². The Bertz CT molecular complexity index is 870. The van der Waals surface area contributed by atoms with Crippen molar-refractivity contribution in [1.82, 2.24) is 5.32 Å². The minimum atomic E-state index is -4.58. The third-order valence-electron chi connectivity index (χ3n) is 4.13. The Morgan fingerprint density at radius 2 is 1.71 bits per heavy atom. The maximum atomic E-state index is 14.0. The van der Waals surface area contributed by atoms with Crippen molar-refractivity contribution < 1.29 is 31.9 Å². The van der Waals surface area contributed by atoms with E-state index in [2.05, 4.69) is 10.6 Å². The number of benzene rings is 2. The molecule has 0 fully saturated rings. The first-order valence-electron chi connectivity index (χ1n) is 8.13. The van der Waals surface area contributed by atoms with E-state index in [1.807, 2.05) is 0 Å². The normalized spacial score (nSPS) is 13.5. The lowest BCUT2D eigenvalue weighted by atomic mass is 9.95. The van der Waals surface area contributed by atoms with Gasteiger partial charge < -0.3 is 15.4 Å². The third-order valence-corrected chi connectivity index (χ3v) is 4.13. The Kier molecular flexibility index (Phi) is 6.40. The molecular formula is C19H18F4N2O3. The lowest BCUT2D eigenvalue weighted by Crippen LogP contribution is -2.44. The fourth-order valence-electron chi connectivity index (χ4n) is 2.46. The Morgan fingerprint density at radius 1 is 1.04 bits per heavy atom. The molecular weight excluding hydrogens is 380 g/mol. The number of amides is 2. The molecule has 0 aliphatic carbocycles. The van der Waals surface area contributed by atoms with Gasteiger partial charge >= 0.3 is 18.0 Å². The first-order valence-corrected chi connectivity index (χ1v) is 8.13. The lowest BCUT2D eigenvalue weighted by Gasteiger charge is -2.29. The fraction of sp³-hybridized carbons (Fsp3) is 0.263. The van der Waals surface area contributed by atoms with Crippen molar-refractivity contribution in [3.05, 3.63) is 65.5 Å². The molecule has 28 heavy (non-hydrogen) atoms. The lowest BCUT2D eigenvalue weighted by molar-refractivity contribution is -0.137. The van der Waals surface area contributed by atoms with Crippen molar-refractivity contribution in [3.8, 4) is 0 Å². The van der Waals surface area contributed by atoms with E-state index < -0.39 is 35.0 Å². The van der Waals surface area contributed by atoms with Gasteiger partial charge in [0.2, 0.25) is 0 Å². The van der Waals surface area contributed by atoms with Gasteiger partial charge in [0.1, 0.15) is 11.4 Å². The molecule has 0 bridgehead atoms.